The Morgan fingerprint density at radius 3 is 2.65 bits per heavy atom. The highest BCUT2D eigenvalue weighted by Crippen LogP contribution is 2.27. The number of phenols is 1. The molecule has 0 bridgehead atoms. The van der Waals surface area contributed by atoms with Gasteiger partial charge in [0.15, 0.2) is 0 Å². The van der Waals surface area contributed by atoms with E-state index in [9.17, 15) is 9.90 Å². The van der Waals surface area contributed by atoms with Gasteiger partial charge in [-0.1, -0.05) is 30.3 Å². The Morgan fingerprint density at radius 1 is 1.18 bits per heavy atom. The molecule has 0 spiro atoms. The summed E-state index contributed by atoms with van der Waals surface area (Å²) in [4.78, 5) is 11.5. The molecule has 17 heavy (non-hydrogen) atoms. The number of aromatic hydroxyl groups is 1. The standard InChI is InChI=1S/C14H14O3/c1-2-17-14(16)9-10-5-3-7-12-11(10)6-4-8-13(12)15/h3-8,15H,2,9H2,1H3. The van der Waals surface area contributed by atoms with Crippen molar-refractivity contribution in [2.24, 2.45) is 0 Å². The van der Waals surface area contributed by atoms with Crippen LogP contribution >= 0.6 is 0 Å². The summed E-state index contributed by atoms with van der Waals surface area (Å²) in [7, 11) is 0. The molecule has 3 heteroatoms. The number of esters is 1. The van der Waals surface area contributed by atoms with E-state index in [1.54, 1.807) is 19.1 Å². The molecule has 0 saturated carbocycles. The van der Waals surface area contributed by atoms with Gasteiger partial charge in [-0.25, -0.2) is 0 Å². The van der Waals surface area contributed by atoms with Gasteiger partial charge in [0.05, 0.1) is 13.0 Å². The van der Waals surface area contributed by atoms with Crippen LogP contribution in [0.15, 0.2) is 36.4 Å². The van der Waals surface area contributed by atoms with Crippen LogP contribution in [0.25, 0.3) is 10.8 Å². The summed E-state index contributed by atoms with van der Waals surface area (Å²) in [5.41, 5.74) is 0.872. The van der Waals surface area contributed by atoms with Crippen molar-refractivity contribution in [3.63, 3.8) is 0 Å². The van der Waals surface area contributed by atoms with Crippen molar-refractivity contribution in [3.8, 4) is 5.75 Å². The minimum Gasteiger partial charge on any atom is -0.507 e. The van der Waals surface area contributed by atoms with E-state index in [1.165, 1.54) is 0 Å². The maximum absolute atomic E-state index is 11.5. The molecule has 0 saturated heterocycles. The monoisotopic (exact) mass is 230 g/mol. The average molecular weight is 230 g/mol. The van der Waals surface area contributed by atoms with Crippen LogP contribution in [0.1, 0.15) is 12.5 Å². The van der Waals surface area contributed by atoms with Gasteiger partial charge >= 0.3 is 5.97 Å². The van der Waals surface area contributed by atoms with Crippen molar-refractivity contribution in [1.29, 1.82) is 0 Å². The summed E-state index contributed by atoms with van der Waals surface area (Å²) in [6, 6.07) is 10.8. The van der Waals surface area contributed by atoms with Crippen molar-refractivity contribution >= 4 is 16.7 Å². The van der Waals surface area contributed by atoms with Crippen molar-refractivity contribution in [2.45, 2.75) is 13.3 Å². The molecule has 88 valence electrons. The first-order chi connectivity index (χ1) is 8.22. The molecule has 0 aliphatic rings. The van der Waals surface area contributed by atoms with Gasteiger partial charge in [-0.15, -0.1) is 0 Å². The molecule has 2 aromatic carbocycles. The second kappa shape index (κ2) is 4.87. The zero-order chi connectivity index (χ0) is 12.3. The van der Waals surface area contributed by atoms with E-state index in [2.05, 4.69) is 0 Å². The van der Waals surface area contributed by atoms with E-state index >= 15 is 0 Å². The average Bonchev–Trinajstić information content (AvgIpc) is 2.31. The number of benzene rings is 2. The normalized spacial score (nSPS) is 10.4. The molecule has 2 aromatic rings. The van der Waals surface area contributed by atoms with E-state index < -0.39 is 0 Å². The number of carbonyl (C=O) groups is 1. The summed E-state index contributed by atoms with van der Waals surface area (Å²) >= 11 is 0. The fraction of sp³-hybridized carbons (Fsp3) is 0.214. The van der Waals surface area contributed by atoms with Crippen LogP contribution in [0.2, 0.25) is 0 Å². The zero-order valence-electron chi connectivity index (χ0n) is 9.64. The van der Waals surface area contributed by atoms with Gasteiger partial charge in [0.2, 0.25) is 0 Å². The SMILES string of the molecule is CCOC(=O)Cc1cccc2c(O)cccc12. The van der Waals surface area contributed by atoms with Gasteiger partial charge in [0, 0.05) is 5.39 Å². The lowest BCUT2D eigenvalue weighted by molar-refractivity contribution is -0.142. The van der Waals surface area contributed by atoms with Crippen molar-refractivity contribution in [2.75, 3.05) is 6.61 Å². The van der Waals surface area contributed by atoms with Gasteiger partial charge in [-0.2, -0.15) is 0 Å². The third kappa shape index (κ3) is 2.38. The summed E-state index contributed by atoms with van der Waals surface area (Å²) in [6.07, 6.45) is 0.231. The highest BCUT2D eigenvalue weighted by molar-refractivity contribution is 5.92. The predicted octanol–water partition coefficient (Wildman–Crippen LogP) is 2.65. The van der Waals surface area contributed by atoms with E-state index in [1.807, 2.05) is 24.3 Å². The molecule has 0 aromatic heterocycles. The van der Waals surface area contributed by atoms with Crippen molar-refractivity contribution in [1.82, 2.24) is 0 Å². The van der Waals surface area contributed by atoms with E-state index in [4.69, 9.17) is 4.74 Å². The number of carbonyl (C=O) groups excluding carboxylic acids is 1. The molecule has 0 aliphatic carbocycles. The van der Waals surface area contributed by atoms with Crippen LogP contribution in [-0.4, -0.2) is 17.7 Å². The minimum absolute atomic E-state index is 0.230. The quantitative estimate of drug-likeness (QED) is 0.824. The van der Waals surface area contributed by atoms with Gasteiger partial charge < -0.3 is 9.84 Å². The van der Waals surface area contributed by atoms with Crippen molar-refractivity contribution in [3.05, 3.63) is 42.0 Å². The maximum atomic E-state index is 11.5. The molecule has 0 heterocycles. The Bertz CT molecular complexity index is 546. The highest BCUT2D eigenvalue weighted by Gasteiger charge is 2.08. The number of hydrogen-bond donors (Lipinski definition) is 1. The van der Waals surface area contributed by atoms with E-state index in [0.29, 0.717) is 6.61 Å². The molecule has 0 fully saturated rings. The smallest absolute Gasteiger partial charge is 0.310 e. The van der Waals surface area contributed by atoms with Crippen molar-refractivity contribution < 1.29 is 14.6 Å². The van der Waals surface area contributed by atoms with Gasteiger partial charge in [0.1, 0.15) is 5.75 Å². The molecule has 0 aliphatic heterocycles. The number of phenolic OH excluding ortho intramolecular Hbond substituents is 1. The lowest BCUT2D eigenvalue weighted by Gasteiger charge is -2.07. The summed E-state index contributed by atoms with van der Waals surface area (Å²) in [5.74, 6) is -0.0171. The number of rotatable bonds is 3. The Kier molecular flexibility index (Phi) is 3.28. The molecular weight excluding hydrogens is 216 g/mol. The number of hydrogen-bond acceptors (Lipinski definition) is 3. The molecule has 1 N–H and O–H groups in total. The van der Waals surface area contributed by atoms with Crippen LogP contribution in [-0.2, 0) is 16.0 Å². The third-order valence-corrected chi connectivity index (χ3v) is 2.63. The summed E-state index contributed by atoms with van der Waals surface area (Å²) in [5, 5.41) is 11.4. The number of ether oxygens (including phenoxy) is 1. The zero-order valence-corrected chi connectivity index (χ0v) is 9.64. The molecular formula is C14H14O3. The molecule has 0 unspecified atom stereocenters. The molecule has 3 nitrogen and oxygen atoms in total. The Labute approximate surface area is 99.6 Å². The fourth-order valence-electron chi connectivity index (χ4n) is 1.88. The highest BCUT2D eigenvalue weighted by atomic mass is 16.5. The minimum atomic E-state index is -0.247. The summed E-state index contributed by atoms with van der Waals surface area (Å²) < 4.78 is 4.92. The van der Waals surface area contributed by atoms with E-state index in [-0.39, 0.29) is 18.1 Å². The first kappa shape index (κ1) is 11.5. The van der Waals surface area contributed by atoms with Gasteiger partial charge in [-0.3, -0.25) is 4.79 Å². The lowest BCUT2D eigenvalue weighted by Crippen LogP contribution is -2.07. The molecule has 0 radical (unpaired) electrons. The second-order valence-electron chi connectivity index (χ2n) is 3.77. The summed E-state index contributed by atoms with van der Waals surface area (Å²) in [6.45, 7) is 2.17. The molecule has 0 atom stereocenters. The number of fused-ring (bicyclic) bond motifs is 1. The second-order valence-corrected chi connectivity index (χ2v) is 3.77. The Hall–Kier alpha value is -2.03. The lowest BCUT2D eigenvalue weighted by atomic mass is 10.0. The first-order valence-corrected chi connectivity index (χ1v) is 5.57. The van der Waals surface area contributed by atoms with Crippen LogP contribution in [0.4, 0.5) is 0 Å². The van der Waals surface area contributed by atoms with Crippen LogP contribution < -0.4 is 0 Å². The van der Waals surface area contributed by atoms with Gasteiger partial charge in [0.25, 0.3) is 0 Å². The maximum Gasteiger partial charge on any atom is 0.310 e. The van der Waals surface area contributed by atoms with E-state index in [0.717, 1.165) is 16.3 Å². The third-order valence-electron chi connectivity index (χ3n) is 2.63. The Morgan fingerprint density at radius 2 is 1.88 bits per heavy atom. The fourth-order valence-corrected chi connectivity index (χ4v) is 1.88. The topological polar surface area (TPSA) is 46.5 Å². The van der Waals surface area contributed by atoms with Gasteiger partial charge in [-0.05, 0) is 23.9 Å². The van der Waals surface area contributed by atoms with Crippen LogP contribution in [0.5, 0.6) is 5.75 Å². The first-order valence-electron chi connectivity index (χ1n) is 5.57. The Balaban J connectivity index is 2.41. The van der Waals surface area contributed by atoms with Crippen LogP contribution in [0, 0.1) is 0 Å². The predicted molar refractivity (Wildman–Crippen MR) is 65.9 cm³/mol. The molecule has 0 amide bonds. The van der Waals surface area contributed by atoms with Crippen LogP contribution in [0.3, 0.4) is 0 Å². The largest absolute Gasteiger partial charge is 0.507 e. The molecule has 2 rings (SSSR count).